The van der Waals surface area contributed by atoms with Crippen molar-refractivity contribution in [2.24, 2.45) is 5.92 Å². The maximum absolute atomic E-state index is 12.5. The molecule has 3 aliphatic heterocycles. The van der Waals surface area contributed by atoms with Gasteiger partial charge in [0.2, 0.25) is 0 Å². The van der Waals surface area contributed by atoms with E-state index in [1.165, 1.54) is 10.9 Å². The summed E-state index contributed by atoms with van der Waals surface area (Å²) < 4.78 is 12.7. The highest BCUT2D eigenvalue weighted by atomic mass is 16.6. The molecule has 5 atom stereocenters. The van der Waals surface area contributed by atoms with Gasteiger partial charge in [-0.1, -0.05) is 0 Å². The average Bonchev–Trinajstić information content (AvgIpc) is 3.48. The number of piperidine rings is 1. The van der Waals surface area contributed by atoms with Crippen LogP contribution < -0.4 is 11.1 Å². The number of nitrogens with two attached hydrogens (primary N) is 1. The fourth-order valence-electron chi connectivity index (χ4n) is 5.73. The molecule has 6 rings (SSSR count). The van der Waals surface area contributed by atoms with Gasteiger partial charge in [0.25, 0.3) is 11.8 Å². The molecule has 0 radical (unpaired) electrons. The number of hydrogen-bond donors (Lipinski definition) is 4. The van der Waals surface area contributed by atoms with Gasteiger partial charge in [-0.3, -0.25) is 14.2 Å². The number of aryl methyl sites for hydroxylation is 1. The van der Waals surface area contributed by atoms with Crippen LogP contribution in [0.2, 0.25) is 0 Å². The molecule has 3 amide bonds. The first-order valence-corrected chi connectivity index (χ1v) is 14.2. The van der Waals surface area contributed by atoms with E-state index in [9.17, 15) is 24.6 Å². The number of likely N-dealkylation sites (tertiary alicyclic amines) is 2. The quantitative estimate of drug-likeness (QED) is 0.328. The fourth-order valence-corrected chi connectivity index (χ4v) is 5.73. The molecule has 4 aliphatic rings. The van der Waals surface area contributed by atoms with E-state index in [1.54, 1.807) is 16.8 Å². The number of aliphatic hydroxyl groups excluding tert-OH is 2. The number of rotatable bonds is 7. The molecule has 0 spiro atoms. The number of anilines is 1. The van der Waals surface area contributed by atoms with E-state index in [0.29, 0.717) is 55.4 Å². The maximum Gasteiger partial charge on any atom is 0.410 e. The highest BCUT2D eigenvalue weighted by molar-refractivity contribution is 5.85. The van der Waals surface area contributed by atoms with Gasteiger partial charge in [0.15, 0.2) is 29.9 Å². The molecule has 3 unspecified atom stereocenters. The largest absolute Gasteiger partial charge is 0.436 e. The Bertz CT molecular complexity index is 1320. The van der Waals surface area contributed by atoms with Crippen LogP contribution in [0.15, 0.2) is 6.33 Å². The second-order valence-electron chi connectivity index (χ2n) is 11.5. The van der Waals surface area contributed by atoms with Gasteiger partial charge in [-0.15, -0.1) is 0 Å². The van der Waals surface area contributed by atoms with Crippen molar-refractivity contribution in [3.63, 3.8) is 0 Å². The summed E-state index contributed by atoms with van der Waals surface area (Å²) in [6.07, 6.45) is 0.388. The van der Waals surface area contributed by atoms with Crippen molar-refractivity contribution in [1.29, 1.82) is 0 Å². The maximum atomic E-state index is 12.5. The number of imidazole rings is 1. The highest BCUT2D eigenvalue weighted by Crippen LogP contribution is 2.33. The standard InChI is InChI=1S/C26H36N8O7/c1-32-9-8-15(24(32)38)40-26(39)33-10-6-13(7-11-33)2-5-16-30-21(27)17-22(31-16)34(12-28-17)25-19(36)18(35)20(41-25)23(37)29-14-3-4-14/h12-15,18-20,25,35-36H,2-11H2,1H3,(H,29,37)(H2,27,30,31)/t15?,18?,19?,20-,25+/m0/s1. The number of fused-ring (bicyclic) bond motifs is 1. The number of nitrogens with zero attached hydrogens (tertiary/aromatic N) is 6. The predicted molar refractivity (Wildman–Crippen MR) is 142 cm³/mol. The Hall–Kier alpha value is -3.56. The highest BCUT2D eigenvalue weighted by Gasteiger charge is 2.48. The molecule has 5 heterocycles. The molecule has 3 saturated heterocycles. The molecule has 41 heavy (non-hydrogen) atoms. The van der Waals surface area contributed by atoms with Crippen molar-refractivity contribution in [1.82, 2.24) is 34.6 Å². The number of carbonyl (C=O) groups is 3. The second-order valence-corrected chi connectivity index (χ2v) is 11.5. The fraction of sp³-hybridized carbons (Fsp3) is 0.692. The first kappa shape index (κ1) is 27.6. The topological polar surface area (TPSA) is 198 Å². The van der Waals surface area contributed by atoms with E-state index in [1.807, 2.05) is 0 Å². The lowest BCUT2D eigenvalue weighted by molar-refractivity contribution is -0.137. The molecular weight excluding hydrogens is 536 g/mol. The molecule has 15 heteroatoms. The normalized spacial score (nSPS) is 29.0. The first-order valence-electron chi connectivity index (χ1n) is 14.2. The minimum atomic E-state index is -1.40. The van der Waals surface area contributed by atoms with Gasteiger partial charge in [0.05, 0.1) is 6.33 Å². The molecule has 0 aromatic carbocycles. The third-order valence-corrected chi connectivity index (χ3v) is 8.46. The summed E-state index contributed by atoms with van der Waals surface area (Å²) in [5.74, 6) is 0.405. The van der Waals surface area contributed by atoms with Crippen molar-refractivity contribution in [3.8, 4) is 0 Å². The van der Waals surface area contributed by atoms with Gasteiger partial charge >= 0.3 is 6.09 Å². The third kappa shape index (κ3) is 5.53. The van der Waals surface area contributed by atoms with Crippen LogP contribution >= 0.6 is 0 Å². The SMILES string of the molecule is CN1CCC(OC(=O)N2CCC(CCc3nc(N)c4ncn([C@@H]5O[C@H](C(=O)NC6CC6)C(O)C5O)c4n3)CC2)C1=O. The summed E-state index contributed by atoms with van der Waals surface area (Å²) in [4.78, 5) is 53.7. The first-order chi connectivity index (χ1) is 19.7. The zero-order valence-electron chi connectivity index (χ0n) is 22.9. The van der Waals surface area contributed by atoms with Crippen LogP contribution in [0.3, 0.4) is 0 Å². The summed E-state index contributed by atoms with van der Waals surface area (Å²) in [5, 5.41) is 24.0. The van der Waals surface area contributed by atoms with Crippen molar-refractivity contribution < 1.29 is 34.1 Å². The van der Waals surface area contributed by atoms with Gasteiger partial charge in [0.1, 0.15) is 23.5 Å². The number of likely N-dealkylation sites (N-methyl/N-ethyl adjacent to an activating group) is 1. The van der Waals surface area contributed by atoms with Gasteiger partial charge < -0.3 is 40.5 Å². The lowest BCUT2D eigenvalue weighted by Gasteiger charge is -2.31. The zero-order valence-corrected chi connectivity index (χ0v) is 22.9. The van der Waals surface area contributed by atoms with E-state index in [2.05, 4.69) is 20.3 Å². The van der Waals surface area contributed by atoms with Crippen molar-refractivity contribution >= 4 is 34.9 Å². The lowest BCUT2D eigenvalue weighted by atomic mass is 9.92. The summed E-state index contributed by atoms with van der Waals surface area (Å²) in [6, 6.07) is 0.0876. The van der Waals surface area contributed by atoms with E-state index >= 15 is 0 Å². The van der Waals surface area contributed by atoms with E-state index in [0.717, 1.165) is 32.1 Å². The molecule has 4 fully saturated rings. The molecule has 222 valence electrons. The Kier molecular flexibility index (Phi) is 7.42. The van der Waals surface area contributed by atoms with Crippen LogP contribution in [0.1, 0.15) is 50.6 Å². The Morgan fingerprint density at radius 1 is 1.12 bits per heavy atom. The zero-order chi connectivity index (χ0) is 28.8. The Labute approximate surface area is 236 Å². The van der Waals surface area contributed by atoms with Crippen molar-refractivity contribution in [2.75, 3.05) is 32.4 Å². The summed E-state index contributed by atoms with van der Waals surface area (Å²) in [5.41, 5.74) is 6.87. The molecular formula is C26H36N8O7. The number of nitrogen functional groups attached to an aromatic ring is 1. The monoisotopic (exact) mass is 572 g/mol. The minimum Gasteiger partial charge on any atom is -0.436 e. The molecule has 2 aromatic heterocycles. The van der Waals surface area contributed by atoms with Crippen LogP contribution in [0.4, 0.5) is 10.6 Å². The van der Waals surface area contributed by atoms with Crippen molar-refractivity contribution in [3.05, 3.63) is 12.2 Å². The van der Waals surface area contributed by atoms with E-state index < -0.39 is 42.6 Å². The van der Waals surface area contributed by atoms with Crippen LogP contribution in [0.25, 0.3) is 11.2 Å². The molecule has 0 bridgehead atoms. The number of amides is 3. The number of ether oxygens (including phenoxy) is 2. The number of aliphatic hydroxyl groups is 2. The molecule has 15 nitrogen and oxygen atoms in total. The lowest BCUT2D eigenvalue weighted by Crippen LogP contribution is -2.43. The smallest absolute Gasteiger partial charge is 0.410 e. The molecule has 1 saturated carbocycles. The van der Waals surface area contributed by atoms with Crippen LogP contribution in [0, 0.1) is 5.92 Å². The Balaban J connectivity index is 1.06. The van der Waals surface area contributed by atoms with Crippen LogP contribution in [-0.2, 0) is 25.5 Å². The number of hydrogen-bond acceptors (Lipinski definition) is 11. The van der Waals surface area contributed by atoms with Gasteiger partial charge in [-0.2, -0.15) is 0 Å². The van der Waals surface area contributed by atoms with Crippen LogP contribution in [-0.4, -0.2) is 115 Å². The summed E-state index contributed by atoms with van der Waals surface area (Å²) >= 11 is 0. The Morgan fingerprint density at radius 3 is 2.56 bits per heavy atom. The summed E-state index contributed by atoms with van der Waals surface area (Å²) in [6.45, 7) is 1.68. The Morgan fingerprint density at radius 2 is 1.88 bits per heavy atom. The average molecular weight is 573 g/mol. The van der Waals surface area contributed by atoms with Crippen molar-refractivity contribution in [2.45, 2.75) is 81.6 Å². The van der Waals surface area contributed by atoms with E-state index in [4.69, 9.17) is 15.2 Å². The predicted octanol–water partition coefficient (Wildman–Crippen LogP) is -0.682. The number of nitrogens with one attached hydrogen (secondary N) is 1. The number of carbonyl (C=O) groups excluding carboxylic acids is 3. The minimum absolute atomic E-state index is 0.0876. The number of aromatic nitrogens is 4. The second kappa shape index (κ2) is 11.0. The molecule has 2 aromatic rings. The third-order valence-electron chi connectivity index (χ3n) is 8.46. The van der Waals surface area contributed by atoms with Gasteiger partial charge in [-0.25, -0.2) is 19.7 Å². The van der Waals surface area contributed by atoms with Gasteiger partial charge in [-0.05, 0) is 38.0 Å². The molecule has 5 N–H and O–H groups in total. The molecule has 1 aliphatic carbocycles. The van der Waals surface area contributed by atoms with Gasteiger partial charge in [0, 0.05) is 45.6 Å². The summed E-state index contributed by atoms with van der Waals surface area (Å²) in [7, 11) is 1.70. The van der Waals surface area contributed by atoms with E-state index in [-0.39, 0.29) is 17.8 Å². The van der Waals surface area contributed by atoms with Crippen LogP contribution in [0.5, 0.6) is 0 Å².